The quantitative estimate of drug-likeness (QED) is 0.782. The summed E-state index contributed by atoms with van der Waals surface area (Å²) in [4.78, 5) is 15.7. The van der Waals surface area contributed by atoms with Crippen LogP contribution in [0.25, 0.3) is 0 Å². The highest BCUT2D eigenvalue weighted by Gasteiger charge is 2.20. The molecule has 0 saturated carbocycles. The maximum absolute atomic E-state index is 14.3. The Morgan fingerprint density at radius 2 is 1.83 bits per heavy atom. The lowest BCUT2D eigenvalue weighted by molar-refractivity contribution is 0.101. The number of carbonyl (C=O) groups excluding carboxylic acids is 1. The highest BCUT2D eigenvalue weighted by Crippen LogP contribution is 2.23. The van der Waals surface area contributed by atoms with Gasteiger partial charge < -0.3 is 4.90 Å². The maximum Gasteiger partial charge on any atom is 0.159 e. The second kappa shape index (κ2) is 7.32. The Hall–Kier alpha value is -1.91. The molecule has 1 aliphatic rings. The van der Waals surface area contributed by atoms with E-state index in [9.17, 15) is 9.18 Å². The summed E-state index contributed by atoms with van der Waals surface area (Å²) in [6, 6.07) is 12.6. The van der Waals surface area contributed by atoms with Crippen molar-refractivity contribution in [2.24, 2.45) is 0 Å². The Kier molecular flexibility index (Phi) is 5.17. The first kappa shape index (κ1) is 16.9. The molecule has 3 nitrogen and oxygen atoms in total. The van der Waals surface area contributed by atoms with Crippen LogP contribution in [0.4, 0.5) is 10.1 Å². The van der Waals surface area contributed by atoms with E-state index in [1.54, 1.807) is 12.1 Å². The molecular formula is C19H20ClFN2O. The first-order chi connectivity index (χ1) is 11.5. The zero-order valence-electron chi connectivity index (χ0n) is 13.6. The van der Waals surface area contributed by atoms with Gasteiger partial charge in [-0.2, -0.15) is 0 Å². The molecule has 0 amide bonds. The van der Waals surface area contributed by atoms with E-state index < -0.39 is 0 Å². The lowest BCUT2D eigenvalue weighted by Gasteiger charge is -2.36. The molecule has 1 aliphatic heterocycles. The molecule has 0 spiro atoms. The molecule has 126 valence electrons. The van der Waals surface area contributed by atoms with Crippen LogP contribution in [-0.2, 0) is 6.54 Å². The third-order valence-corrected chi connectivity index (χ3v) is 4.79. The number of carbonyl (C=O) groups is 1. The second-order valence-corrected chi connectivity index (χ2v) is 6.48. The number of Topliss-reactive ketones (excluding diaryl/α,β-unsaturated/α-hetero) is 1. The van der Waals surface area contributed by atoms with E-state index in [4.69, 9.17) is 11.6 Å². The summed E-state index contributed by atoms with van der Waals surface area (Å²) >= 11 is 6.21. The monoisotopic (exact) mass is 346 g/mol. The minimum atomic E-state index is -0.331. The van der Waals surface area contributed by atoms with Crippen molar-refractivity contribution in [3.05, 3.63) is 64.4 Å². The lowest BCUT2D eigenvalue weighted by atomic mass is 10.1. The zero-order valence-corrected chi connectivity index (χ0v) is 14.4. The van der Waals surface area contributed by atoms with Crippen LogP contribution in [0.2, 0.25) is 5.02 Å². The van der Waals surface area contributed by atoms with Gasteiger partial charge in [-0.05, 0) is 36.8 Å². The molecule has 1 fully saturated rings. The highest BCUT2D eigenvalue weighted by molar-refractivity contribution is 6.31. The second-order valence-electron chi connectivity index (χ2n) is 6.08. The molecule has 0 unspecified atom stereocenters. The van der Waals surface area contributed by atoms with Crippen molar-refractivity contribution in [3.63, 3.8) is 0 Å². The third-order valence-electron chi connectivity index (χ3n) is 4.42. The molecule has 0 bridgehead atoms. The molecule has 3 rings (SSSR count). The van der Waals surface area contributed by atoms with Crippen molar-refractivity contribution in [1.29, 1.82) is 0 Å². The molecule has 0 N–H and O–H groups in total. The predicted octanol–water partition coefficient (Wildman–Crippen LogP) is 4.00. The Bertz CT molecular complexity index is 742. The molecule has 5 heteroatoms. The summed E-state index contributed by atoms with van der Waals surface area (Å²) < 4.78 is 14.3. The first-order valence-electron chi connectivity index (χ1n) is 8.06. The number of hydrogen-bond donors (Lipinski definition) is 0. The van der Waals surface area contributed by atoms with Gasteiger partial charge in [0.2, 0.25) is 0 Å². The van der Waals surface area contributed by atoms with Crippen LogP contribution in [0.3, 0.4) is 0 Å². The summed E-state index contributed by atoms with van der Waals surface area (Å²) in [5, 5.41) is 0.783. The molecular weight excluding hydrogens is 327 g/mol. The fraction of sp³-hybridized carbons (Fsp3) is 0.316. The largest absolute Gasteiger partial charge is 0.367 e. The van der Waals surface area contributed by atoms with Gasteiger partial charge in [-0.15, -0.1) is 0 Å². The topological polar surface area (TPSA) is 23.6 Å². The van der Waals surface area contributed by atoms with Crippen LogP contribution >= 0.6 is 11.6 Å². The average molecular weight is 347 g/mol. The molecule has 1 heterocycles. The molecule has 0 radical (unpaired) electrons. The Morgan fingerprint density at radius 1 is 1.12 bits per heavy atom. The van der Waals surface area contributed by atoms with E-state index in [2.05, 4.69) is 4.90 Å². The SMILES string of the molecule is CC(=O)c1ccc(N2CCN(Cc3ccccc3Cl)CC2)c(F)c1. The van der Waals surface area contributed by atoms with E-state index >= 15 is 0 Å². The number of hydrogen-bond acceptors (Lipinski definition) is 3. The number of ketones is 1. The summed E-state index contributed by atoms with van der Waals surface area (Å²) in [7, 11) is 0. The van der Waals surface area contributed by atoms with Gasteiger partial charge in [0.15, 0.2) is 5.78 Å². The number of rotatable bonds is 4. The molecule has 0 aliphatic carbocycles. The zero-order chi connectivity index (χ0) is 17.1. The molecule has 2 aromatic rings. The number of benzene rings is 2. The Morgan fingerprint density at radius 3 is 2.46 bits per heavy atom. The number of anilines is 1. The average Bonchev–Trinajstić information content (AvgIpc) is 2.58. The molecule has 0 aromatic heterocycles. The van der Waals surface area contributed by atoms with Crippen molar-refractivity contribution < 1.29 is 9.18 Å². The number of piperazine rings is 1. The molecule has 24 heavy (non-hydrogen) atoms. The van der Waals surface area contributed by atoms with Crippen molar-refractivity contribution >= 4 is 23.1 Å². The summed E-state index contributed by atoms with van der Waals surface area (Å²) in [6.45, 7) is 5.45. The molecule has 1 saturated heterocycles. The van der Waals surface area contributed by atoms with E-state index in [1.165, 1.54) is 13.0 Å². The summed E-state index contributed by atoms with van der Waals surface area (Å²) in [5.74, 6) is -0.452. The van der Waals surface area contributed by atoms with Gasteiger partial charge >= 0.3 is 0 Å². The predicted molar refractivity (Wildman–Crippen MR) is 95.3 cm³/mol. The van der Waals surface area contributed by atoms with Crippen LogP contribution in [-0.4, -0.2) is 36.9 Å². The fourth-order valence-electron chi connectivity index (χ4n) is 3.00. The Balaban J connectivity index is 1.63. The van der Waals surface area contributed by atoms with Gasteiger partial charge in [0.25, 0.3) is 0 Å². The number of halogens is 2. The van der Waals surface area contributed by atoms with Crippen LogP contribution in [0.15, 0.2) is 42.5 Å². The van der Waals surface area contributed by atoms with Crippen molar-refractivity contribution in [1.82, 2.24) is 4.90 Å². The van der Waals surface area contributed by atoms with Crippen LogP contribution in [0.5, 0.6) is 0 Å². The van der Waals surface area contributed by atoms with Gasteiger partial charge in [-0.3, -0.25) is 9.69 Å². The van der Waals surface area contributed by atoms with E-state index in [1.807, 2.05) is 29.2 Å². The lowest BCUT2D eigenvalue weighted by Crippen LogP contribution is -2.46. The van der Waals surface area contributed by atoms with Gasteiger partial charge in [-0.1, -0.05) is 29.8 Å². The van der Waals surface area contributed by atoms with Crippen molar-refractivity contribution in [2.75, 3.05) is 31.1 Å². The number of nitrogens with zero attached hydrogens (tertiary/aromatic N) is 2. The first-order valence-corrected chi connectivity index (χ1v) is 8.43. The standard InChI is InChI=1S/C19H20ClFN2O/c1-14(24)15-6-7-19(18(21)12-15)23-10-8-22(9-11-23)13-16-4-2-3-5-17(16)20/h2-7,12H,8-11,13H2,1H3. The minimum absolute atomic E-state index is 0.120. The van der Waals surface area contributed by atoms with E-state index in [0.29, 0.717) is 11.3 Å². The summed E-state index contributed by atoms with van der Waals surface area (Å²) in [5.41, 5.74) is 2.09. The smallest absolute Gasteiger partial charge is 0.159 e. The van der Waals surface area contributed by atoms with Gasteiger partial charge in [-0.25, -0.2) is 4.39 Å². The molecule has 2 aromatic carbocycles. The van der Waals surface area contributed by atoms with Crippen molar-refractivity contribution in [2.45, 2.75) is 13.5 Å². The van der Waals surface area contributed by atoms with Crippen LogP contribution < -0.4 is 4.90 Å². The fourth-order valence-corrected chi connectivity index (χ4v) is 3.19. The normalized spacial score (nSPS) is 15.5. The van der Waals surface area contributed by atoms with E-state index in [0.717, 1.165) is 43.3 Å². The Labute approximate surface area is 146 Å². The van der Waals surface area contributed by atoms with Crippen molar-refractivity contribution in [3.8, 4) is 0 Å². The van der Waals surface area contributed by atoms with Gasteiger partial charge in [0, 0.05) is 43.3 Å². The van der Waals surface area contributed by atoms with Crippen LogP contribution in [0.1, 0.15) is 22.8 Å². The third kappa shape index (κ3) is 3.77. The maximum atomic E-state index is 14.3. The van der Waals surface area contributed by atoms with Gasteiger partial charge in [0.05, 0.1) is 5.69 Å². The van der Waals surface area contributed by atoms with Gasteiger partial charge in [0.1, 0.15) is 5.82 Å². The highest BCUT2D eigenvalue weighted by atomic mass is 35.5. The molecule has 0 atom stereocenters. The van der Waals surface area contributed by atoms with E-state index in [-0.39, 0.29) is 11.6 Å². The van der Waals surface area contributed by atoms with Crippen LogP contribution in [0, 0.1) is 5.82 Å². The minimum Gasteiger partial charge on any atom is -0.367 e. The summed E-state index contributed by atoms with van der Waals surface area (Å²) in [6.07, 6.45) is 0.